The molecule has 0 amide bonds. The highest BCUT2D eigenvalue weighted by Gasteiger charge is 2.43. The molecule has 31 heavy (non-hydrogen) atoms. The fourth-order valence-corrected chi connectivity index (χ4v) is 7.18. The smallest absolute Gasteiger partial charge is 0.332 e. The number of benzene rings is 1. The van der Waals surface area contributed by atoms with Crippen molar-refractivity contribution in [3.8, 4) is 0 Å². The van der Waals surface area contributed by atoms with Gasteiger partial charge in [-0.2, -0.15) is 17.0 Å². The number of hydrogen-bond donors (Lipinski definition) is 1. The molecule has 2 aromatic rings. The van der Waals surface area contributed by atoms with Crippen molar-refractivity contribution >= 4 is 36.0 Å². The summed E-state index contributed by atoms with van der Waals surface area (Å²) in [5.74, 6) is 0. The molecule has 2 heterocycles. The molecule has 14 heteroatoms. The van der Waals surface area contributed by atoms with Gasteiger partial charge in [0, 0.05) is 48.7 Å². The maximum Gasteiger partial charge on any atom is 0.332 e. The summed E-state index contributed by atoms with van der Waals surface area (Å²) >= 11 is 3.19. The number of sulfone groups is 1. The number of nitrogens with one attached hydrogen (secondary N) is 1. The van der Waals surface area contributed by atoms with Crippen molar-refractivity contribution in [3.63, 3.8) is 0 Å². The van der Waals surface area contributed by atoms with Gasteiger partial charge in [0.25, 0.3) is 10.2 Å². The van der Waals surface area contributed by atoms with Crippen LogP contribution in [0, 0.1) is 12.3 Å². The fourth-order valence-electron chi connectivity index (χ4n) is 3.40. The number of aromatic nitrogens is 2. The summed E-state index contributed by atoms with van der Waals surface area (Å²) in [6.07, 6.45) is 0. The fraction of sp³-hybridized carbons (Fsp3) is 0.529. The lowest BCUT2D eigenvalue weighted by Gasteiger charge is -2.41. The molecule has 1 aliphatic rings. The SMILES string of the molecule is CCN(CC)S(=O)(=O)N1CCN([n+]2[n-]oc(=N)c2Br)C(S(=O)(=O)c2ccc(C)cc2)C1. The van der Waals surface area contributed by atoms with Crippen LogP contribution >= 0.6 is 15.9 Å². The van der Waals surface area contributed by atoms with E-state index in [0.717, 1.165) is 10.4 Å². The van der Waals surface area contributed by atoms with Crippen LogP contribution in [0.1, 0.15) is 19.4 Å². The van der Waals surface area contributed by atoms with Gasteiger partial charge in [0.15, 0.2) is 9.84 Å². The van der Waals surface area contributed by atoms with Crippen molar-refractivity contribution in [1.29, 1.82) is 5.41 Å². The van der Waals surface area contributed by atoms with E-state index in [2.05, 4.69) is 21.2 Å². The van der Waals surface area contributed by atoms with Gasteiger partial charge >= 0.3 is 10.2 Å². The molecular formula is C17H25BrN6O5S2. The van der Waals surface area contributed by atoms with E-state index in [4.69, 9.17) is 9.93 Å². The zero-order valence-corrected chi connectivity index (χ0v) is 20.6. The summed E-state index contributed by atoms with van der Waals surface area (Å²) in [6.45, 7) is 5.66. The maximum absolute atomic E-state index is 13.6. The quantitative estimate of drug-likeness (QED) is 0.480. The van der Waals surface area contributed by atoms with Gasteiger partial charge in [0.1, 0.15) is 5.37 Å². The van der Waals surface area contributed by atoms with Crippen LogP contribution in [0.25, 0.3) is 0 Å². The van der Waals surface area contributed by atoms with Crippen molar-refractivity contribution in [1.82, 2.24) is 13.9 Å². The molecule has 0 bridgehead atoms. The second-order valence-electron chi connectivity index (χ2n) is 7.01. The Labute approximate surface area is 189 Å². The second kappa shape index (κ2) is 9.02. The largest absolute Gasteiger partial charge is 0.379 e. The van der Waals surface area contributed by atoms with E-state index in [1.54, 1.807) is 26.0 Å². The minimum Gasteiger partial charge on any atom is -0.379 e. The van der Waals surface area contributed by atoms with Gasteiger partial charge in [0.05, 0.1) is 4.90 Å². The number of piperazine rings is 1. The van der Waals surface area contributed by atoms with E-state index in [9.17, 15) is 16.8 Å². The number of aryl methyl sites for hydroxylation is 1. The molecule has 1 saturated heterocycles. The highest BCUT2D eigenvalue weighted by Crippen LogP contribution is 2.23. The first kappa shape index (κ1) is 23.9. The molecule has 0 radical (unpaired) electrons. The topological polar surface area (TPSA) is 133 Å². The van der Waals surface area contributed by atoms with Gasteiger partial charge in [-0.15, -0.1) is 0 Å². The average molecular weight is 537 g/mol. The first-order valence-corrected chi connectivity index (χ1v) is 13.4. The summed E-state index contributed by atoms with van der Waals surface area (Å²) in [6, 6.07) is 6.37. The molecule has 1 unspecified atom stereocenters. The van der Waals surface area contributed by atoms with Crippen molar-refractivity contribution < 1.29 is 26.1 Å². The van der Waals surface area contributed by atoms with Crippen LogP contribution in [0.15, 0.2) is 38.3 Å². The summed E-state index contributed by atoms with van der Waals surface area (Å²) < 4.78 is 60.8. The van der Waals surface area contributed by atoms with E-state index in [1.165, 1.54) is 25.8 Å². The summed E-state index contributed by atoms with van der Waals surface area (Å²) in [7, 11) is -7.84. The molecule has 0 spiro atoms. The lowest BCUT2D eigenvalue weighted by atomic mass is 10.2. The second-order valence-corrected chi connectivity index (χ2v) is 11.8. The third-order valence-corrected chi connectivity index (χ3v) is 10.0. The molecule has 11 nitrogen and oxygen atoms in total. The zero-order valence-electron chi connectivity index (χ0n) is 17.4. The summed E-state index contributed by atoms with van der Waals surface area (Å²) in [4.78, 5) is 1.22. The van der Waals surface area contributed by atoms with Crippen LogP contribution in [0.2, 0.25) is 0 Å². The summed E-state index contributed by atoms with van der Waals surface area (Å²) in [5.41, 5.74) is 0.627. The van der Waals surface area contributed by atoms with Crippen LogP contribution in [-0.2, 0) is 20.0 Å². The molecule has 172 valence electrons. The van der Waals surface area contributed by atoms with Crippen LogP contribution in [0.3, 0.4) is 0 Å². The first-order valence-electron chi connectivity index (χ1n) is 9.65. The van der Waals surface area contributed by atoms with Crippen LogP contribution < -0.4 is 20.6 Å². The van der Waals surface area contributed by atoms with Crippen molar-refractivity contribution in [2.24, 2.45) is 0 Å². The van der Waals surface area contributed by atoms with Gasteiger partial charge in [-0.3, -0.25) is 10.4 Å². The van der Waals surface area contributed by atoms with Gasteiger partial charge < -0.3 is 4.52 Å². The van der Waals surface area contributed by atoms with Gasteiger partial charge in [-0.1, -0.05) is 36.3 Å². The Hall–Kier alpha value is -1.74. The Morgan fingerprint density at radius 3 is 2.32 bits per heavy atom. The third kappa shape index (κ3) is 4.44. The molecular weight excluding hydrogens is 512 g/mol. The molecule has 0 saturated carbocycles. The molecule has 1 aromatic carbocycles. The van der Waals surface area contributed by atoms with E-state index in [1.807, 2.05) is 6.92 Å². The number of halogens is 1. The number of nitrogens with zero attached hydrogens (tertiary/aromatic N) is 5. The molecule has 1 atom stereocenters. The van der Waals surface area contributed by atoms with E-state index in [-0.39, 0.29) is 47.8 Å². The molecule has 1 aromatic heterocycles. The monoisotopic (exact) mass is 536 g/mol. The van der Waals surface area contributed by atoms with Crippen LogP contribution in [0.4, 0.5) is 0 Å². The van der Waals surface area contributed by atoms with Crippen LogP contribution in [-0.4, -0.2) is 63.5 Å². The van der Waals surface area contributed by atoms with E-state index < -0.39 is 25.4 Å². The standard InChI is InChI=1S/C17H25BrN6O5S2/c1-4-21(5-2)31(27,28)22-10-11-23(24-16(18)17(19)29-20-24)15(12-22)30(25,26)14-8-6-13(3)7-9-14/h6-9,15,19H,4-5,10-12H2,1-3H3. The molecule has 1 fully saturated rings. The van der Waals surface area contributed by atoms with Crippen molar-refractivity contribution in [2.75, 3.05) is 37.7 Å². The summed E-state index contributed by atoms with van der Waals surface area (Å²) in [5, 5.41) is 11.6. The van der Waals surface area contributed by atoms with E-state index in [0.29, 0.717) is 0 Å². The van der Waals surface area contributed by atoms with Crippen LogP contribution in [0.5, 0.6) is 0 Å². The Bertz CT molecular complexity index is 1190. The Morgan fingerprint density at radius 1 is 1.19 bits per heavy atom. The zero-order chi connectivity index (χ0) is 23.0. The Morgan fingerprint density at radius 2 is 1.81 bits per heavy atom. The Balaban J connectivity index is 2.08. The van der Waals surface area contributed by atoms with Gasteiger partial charge in [0.2, 0.25) is 0 Å². The highest BCUT2D eigenvalue weighted by atomic mass is 79.9. The molecule has 1 N–H and O–H groups in total. The minimum atomic E-state index is -4.00. The normalized spacial score (nSPS) is 18.6. The average Bonchev–Trinajstić information content (AvgIpc) is 3.07. The maximum atomic E-state index is 13.6. The predicted molar refractivity (Wildman–Crippen MR) is 114 cm³/mol. The molecule has 1 aliphatic heterocycles. The number of hydrogen-bond acceptors (Lipinski definition) is 7. The Kier molecular flexibility index (Phi) is 6.96. The lowest BCUT2D eigenvalue weighted by Crippen LogP contribution is -2.73. The third-order valence-electron chi connectivity index (χ3n) is 5.15. The van der Waals surface area contributed by atoms with Gasteiger partial charge in [-0.25, -0.2) is 8.42 Å². The highest BCUT2D eigenvalue weighted by molar-refractivity contribution is 9.10. The van der Waals surface area contributed by atoms with E-state index >= 15 is 0 Å². The first-order chi connectivity index (χ1) is 14.5. The molecule has 3 rings (SSSR count). The van der Waals surface area contributed by atoms with Gasteiger partial charge in [-0.05, 0) is 24.3 Å². The molecule has 0 aliphatic carbocycles. The van der Waals surface area contributed by atoms with Crippen molar-refractivity contribution in [3.05, 3.63) is 40.0 Å². The minimum absolute atomic E-state index is 0.0332. The van der Waals surface area contributed by atoms with Crippen molar-refractivity contribution in [2.45, 2.75) is 31.0 Å². The number of rotatable bonds is 7. The lowest BCUT2D eigenvalue weighted by molar-refractivity contribution is -0.775. The predicted octanol–water partition coefficient (Wildman–Crippen LogP) is -0.285.